The van der Waals surface area contributed by atoms with Crippen LogP contribution >= 0.6 is 0 Å². The van der Waals surface area contributed by atoms with E-state index in [2.05, 4.69) is 95.0 Å². The van der Waals surface area contributed by atoms with E-state index < -0.39 is 0 Å². The Kier molecular flexibility index (Phi) is 5.30. The second-order valence-electron chi connectivity index (χ2n) is 9.95. The minimum absolute atomic E-state index is 0.291. The van der Waals surface area contributed by atoms with E-state index in [1.807, 2.05) is 0 Å². The van der Waals surface area contributed by atoms with Crippen LogP contribution in [-0.2, 0) is 19.5 Å². The van der Waals surface area contributed by atoms with Crippen molar-refractivity contribution in [1.29, 1.82) is 0 Å². The molecule has 1 aliphatic heterocycles. The van der Waals surface area contributed by atoms with Gasteiger partial charge in [-0.1, -0.05) is 69.3 Å². The van der Waals surface area contributed by atoms with Crippen LogP contribution in [0.1, 0.15) is 76.1 Å². The van der Waals surface area contributed by atoms with Gasteiger partial charge in [0.15, 0.2) is 0 Å². The highest BCUT2D eigenvalue weighted by Gasteiger charge is 2.31. The average Bonchev–Trinajstić information content (AvgIpc) is 3.19. The number of hydrogen-bond acceptors (Lipinski definition) is 1. The molecule has 0 saturated carbocycles. The lowest BCUT2D eigenvalue weighted by Crippen LogP contribution is -2.36. The Bertz CT molecular complexity index is 720. The SMILES string of the molecule is CC(C)(C)C1CCc2ccccc21.CC(C)(C)N1Cc2ccccc2C1. The van der Waals surface area contributed by atoms with Gasteiger partial charge in [-0.2, -0.15) is 0 Å². The normalized spacial score (nSPS) is 19.5. The molecule has 0 aromatic heterocycles. The molecule has 2 aromatic rings. The van der Waals surface area contributed by atoms with E-state index in [0.29, 0.717) is 11.0 Å². The van der Waals surface area contributed by atoms with Crippen LogP contribution < -0.4 is 0 Å². The van der Waals surface area contributed by atoms with E-state index >= 15 is 0 Å². The molecule has 2 aliphatic rings. The van der Waals surface area contributed by atoms with Gasteiger partial charge in [0, 0.05) is 18.6 Å². The van der Waals surface area contributed by atoms with Gasteiger partial charge in [-0.25, -0.2) is 0 Å². The fraction of sp³-hybridized carbons (Fsp3) is 0.520. The first-order chi connectivity index (χ1) is 12.2. The van der Waals surface area contributed by atoms with Gasteiger partial charge < -0.3 is 0 Å². The van der Waals surface area contributed by atoms with Crippen molar-refractivity contribution in [2.75, 3.05) is 0 Å². The van der Waals surface area contributed by atoms with Crippen molar-refractivity contribution >= 4 is 0 Å². The largest absolute Gasteiger partial charge is 0.290 e. The zero-order chi connectivity index (χ0) is 18.9. The summed E-state index contributed by atoms with van der Waals surface area (Å²) in [4.78, 5) is 2.51. The topological polar surface area (TPSA) is 3.24 Å². The molecule has 1 atom stereocenters. The fourth-order valence-corrected chi connectivity index (χ4v) is 4.26. The summed E-state index contributed by atoms with van der Waals surface area (Å²) in [5, 5.41) is 0. The molecule has 0 spiro atoms. The van der Waals surface area contributed by atoms with Crippen molar-refractivity contribution in [3.8, 4) is 0 Å². The summed E-state index contributed by atoms with van der Waals surface area (Å²) in [7, 11) is 0. The smallest absolute Gasteiger partial charge is 0.0245 e. The van der Waals surface area contributed by atoms with Crippen molar-refractivity contribution in [3.63, 3.8) is 0 Å². The molecule has 0 saturated heterocycles. The summed E-state index contributed by atoms with van der Waals surface area (Å²) in [6.07, 6.45) is 2.61. The molecule has 26 heavy (non-hydrogen) atoms. The third kappa shape index (κ3) is 4.20. The van der Waals surface area contributed by atoms with Crippen LogP contribution in [0, 0.1) is 5.41 Å². The van der Waals surface area contributed by atoms with Crippen molar-refractivity contribution in [1.82, 2.24) is 4.90 Å². The third-order valence-corrected chi connectivity index (χ3v) is 5.97. The minimum atomic E-state index is 0.291. The van der Waals surface area contributed by atoms with E-state index in [-0.39, 0.29) is 0 Å². The average molecular weight is 350 g/mol. The van der Waals surface area contributed by atoms with Crippen molar-refractivity contribution in [2.45, 2.75) is 78.9 Å². The summed E-state index contributed by atoms with van der Waals surface area (Å²) in [6, 6.07) is 17.6. The zero-order valence-electron chi connectivity index (χ0n) is 17.5. The molecule has 0 radical (unpaired) electrons. The van der Waals surface area contributed by atoms with Crippen LogP contribution in [0.2, 0.25) is 0 Å². The number of aryl methyl sites for hydroxylation is 1. The first-order valence-electron chi connectivity index (χ1n) is 10.1. The Labute approximate surface area is 160 Å². The van der Waals surface area contributed by atoms with E-state index in [0.717, 1.165) is 19.0 Å². The van der Waals surface area contributed by atoms with Crippen molar-refractivity contribution in [3.05, 3.63) is 70.8 Å². The molecule has 4 rings (SSSR count). The monoisotopic (exact) mass is 349 g/mol. The predicted octanol–water partition coefficient (Wildman–Crippen LogP) is 6.56. The highest BCUT2D eigenvalue weighted by atomic mass is 15.2. The molecule has 0 amide bonds. The van der Waals surface area contributed by atoms with Crippen molar-refractivity contribution < 1.29 is 0 Å². The van der Waals surface area contributed by atoms with Gasteiger partial charge in [0.05, 0.1) is 0 Å². The Hall–Kier alpha value is -1.60. The lowest BCUT2D eigenvalue weighted by atomic mass is 9.77. The molecule has 1 heteroatoms. The molecule has 140 valence electrons. The summed E-state index contributed by atoms with van der Waals surface area (Å²) < 4.78 is 0. The highest BCUT2D eigenvalue weighted by Crippen LogP contribution is 2.44. The first kappa shape index (κ1) is 19.2. The van der Waals surface area contributed by atoms with Crippen LogP contribution in [0.3, 0.4) is 0 Å². The van der Waals surface area contributed by atoms with E-state index in [4.69, 9.17) is 0 Å². The lowest BCUT2D eigenvalue weighted by Gasteiger charge is -2.31. The summed E-state index contributed by atoms with van der Waals surface area (Å²) >= 11 is 0. The fourth-order valence-electron chi connectivity index (χ4n) is 4.26. The molecule has 1 aliphatic carbocycles. The van der Waals surface area contributed by atoms with Crippen LogP contribution in [-0.4, -0.2) is 10.4 Å². The van der Waals surface area contributed by atoms with Gasteiger partial charge in [-0.05, 0) is 67.2 Å². The standard InChI is InChI=1S/C13H18.C12H17N/c1-13(2,3)12-9-8-10-6-4-5-7-11(10)12;1-12(2,3)13-8-10-6-4-5-7-11(10)9-13/h4-7,12H,8-9H2,1-3H3;4-7H,8-9H2,1-3H3. The van der Waals surface area contributed by atoms with E-state index in [9.17, 15) is 0 Å². The maximum atomic E-state index is 2.51. The molecule has 1 unspecified atom stereocenters. The number of rotatable bonds is 0. The zero-order valence-corrected chi connectivity index (χ0v) is 17.5. The number of benzene rings is 2. The second-order valence-corrected chi connectivity index (χ2v) is 9.95. The molecular formula is C25H35N. The molecule has 0 N–H and O–H groups in total. The molecule has 0 bridgehead atoms. The van der Waals surface area contributed by atoms with Crippen LogP contribution in [0.5, 0.6) is 0 Å². The van der Waals surface area contributed by atoms with Crippen LogP contribution in [0.25, 0.3) is 0 Å². The van der Waals surface area contributed by atoms with Gasteiger partial charge in [0.1, 0.15) is 0 Å². The Morgan fingerprint density at radius 3 is 1.73 bits per heavy atom. The van der Waals surface area contributed by atoms with Gasteiger partial charge in [-0.3, -0.25) is 4.90 Å². The van der Waals surface area contributed by atoms with Crippen LogP contribution in [0.4, 0.5) is 0 Å². The Morgan fingerprint density at radius 1 is 0.731 bits per heavy atom. The van der Waals surface area contributed by atoms with E-state index in [1.165, 1.54) is 24.0 Å². The molecule has 2 aromatic carbocycles. The van der Waals surface area contributed by atoms with Gasteiger partial charge in [0.2, 0.25) is 0 Å². The van der Waals surface area contributed by atoms with E-state index in [1.54, 1.807) is 11.1 Å². The lowest BCUT2D eigenvalue weighted by molar-refractivity contribution is 0.136. The van der Waals surface area contributed by atoms with Crippen LogP contribution in [0.15, 0.2) is 48.5 Å². The van der Waals surface area contributed by atoms with Gasteiger partial charge >= 0.3 is 0 Å². The number of hydrogen-bond donors (Lipinski definition) is 0. The van der Waals surface area contributed by atoms with Crippen molar-refractivity contribution in [2.24, 2.45) is 5.41 Å². The number of fused-ring (bicyclic) bond motifs is 2. The van der Waals surface area contributed by atoms with Gasteiger partial charge in [0.25, 0.3) is 0 Å². The maximum absolute atomic E-state index is 2.51. The minimum Gasteiger partial charge on any atom is -0.290 e. The molecule has 0 fully saturated rings. The summed E-state index contributed by atoms with van der Waals surface area (Å²) in [6.45, 7) is 16.1. The Balaban J connectivity index is 0.000000151. The Morgan fingerprint density at radius 2 is 1.23 bits per heavy atom. The third-order valence-electron chi connectivity index (χ3n) is 5.97. The highest BCUT2D eigenvalue weighted by molar-refractivity contribution is 5.36. The molecule has 1 heterocycles. The predicted molar refractivity (Wildman–Crippen MR) is 112 cm³/mol. The molecular weight excluding hydrogens is 314 g/mol. The summed E-state index contributed by atoms with van der Waals surface area (Å²) in [5.41, 5.74) is 6.87. The molecule has 1 nitrogen and oxygen atoms in total. The second kappa shape index (κ2) is 7.19. The number of nitrogens with zero attached hydrogens (tertiary/aromatic N) is 1. The summed E-state index contributed by atoms with van der Waals surface area (Å²) in [5.74, 6) is 0.767. The maximum Gasteiger partial charge on any atom is 0.0245 e. The first-order valence-corrected chi connectivity index (χ1v) is 10.1. The van der Waals surface area contributed by atoms with Gasteiger partial charge in [-0.15, -0.1) is 0 Å². The quantitative estimate of drug-likeness (QED) is 0.520.